The molecule has 232 valence electrons. The molecule has 4 aliphatic heterocycles. The molecule has 0 aliphatic carbocycles. The van der Waals surface area contributed by atoms with E-state index in [1.54, 1.807) is 12.4 Å². The molecule has 6 heterocycles. The number of nitrogen functional groups attached to an aromatic ring is 1. The summed E-state index contributed by atoms with van der Waals surface area (Å²) in [7, 11) is 0. The normalized spacial score (nSPS) is 22.9. The minimum absolute atomic E-state index is 0.0272. The Morgan fingerprint density at radius 1 is 1.30 bits per heavy atom. The van der Waals surface area contributed by atoms with Gasteiger partial charge in [0.1, 0.15) is 36.8 Å². The number of nitrogens with zero attached hydrogens (tertiary/aromatic N) is 5. The molecule has 3 aromatic rings. The van der Waals surface area contributed by atoms with E-state index in [0.29, 0.717) is 30.5 Å². The number of aryl methyl sites for hydroxylation is 1. The van der Waals surface area contributed by atoms with Gasteiger partial charge in [-0.2, -0.15) is 18.3 Å². The lowest BCUT2D eigenvalue weighted by Gasteiger charge is -2.31. The predicted octanol–water partition coefficient (Wildman–Crippen LogP) is 3.57. The van der Waals surface area contributed by atoms with Crippen molar-refractivity contribution >= 4 is 23.2 Å². The molecule has 2 aromatic heterocycles. The van der Waals surface area contributed by atoms with Gasteiger partial charge in [-0.25, -0.2) is 9.37 Å². The number of nitrogens with two attached hydrogens (primary N) is 1. The second-order valence-electron chi connectivity index (χ2n) is 11.5. The van der Waals surface area contributed by atoms with Crippen molar-refractivity contribution in [3.05, 3.63) is 69.0 Å². The fraction of sp³-hybridized carbons (Fsp3) is 0.414. The van der Waals surface area contributed by atoms with Gasteiger partial charge in [0.05, 0.1) is 50.8 Å². The first-order valence-electron chi connectivity index (χ1n) is 14.2. The fourth-order valence-corrected chi connectivity index (χ4v) is 7.06. The van der Waals surface area contributed by atoms with Gasteiger partial charge in [-0.05, 0) is 50.1 Å². The monoisotopic (exact) mass is 632 g/mol. The number of hydrogen-bond donors (Lipinski definition) is 3. The molecule has 7 rings (SSSR count). The Morgan fingerprint density at radius 2 is 2.14 bits per heavy atom. The zero-order valence-electron chi connectivity index (χ0n) is 23.6. The first-order chi connectivity index (χ1) is 21.0. The minimum atomic E-state index is -4.73. The van der Waals surface area contributed by atoms with Crippen LogP contribution in [0.3, 0.4) is 0 Å². The molecule has 2 fully saturated rings. The molecule has 44 heavy (non-hydrogen) atoms. The zero-order chi connectivity index (χ0) is 30.8. The van der Waals surface area contributed by atoms with E-state index in [9.17, 15) is 17.6 Å². The van der Waals surface area contributed by atoms with Crippen molar-refractivity contribution in [3.63, 3.8) is 0 Å². The molecule has 15 heteroatoms. The molecule has 0 unspecified atom stereocenters. The third kappa shape index (κ3) is 4.89. The van der Waals surface area contributed by atoms with Gasteiger partial charge in [-0.1, -0.05) is 11.6 Å². The highest BCUT2D eigenvalue weighted by Crippen LogP contribution is 2.42. The average molecular weight is 633 g/mol. The minimum Gasteiger partial charge on any atom is -0.462 e. The van der Waals surface area contributed by atoms with E-state index in [0.717, 1.165) is 25.1 Å². The second-order valence-corrected chi connectivity index (χ2v) is 11.9. The number of rotatable bonds is 6. The van der Waals surface area contributed by atoms with E-state index in [-0.39, 0.29) is 52.3 Å². The number of H-pyrrole nitrogens is 1. The van der Waals surface area contributed by atoms with E-state index >= 15 is 0 Å². The van der Waals surface area contributed by atoms with Gasteiger partial charge in [0, 0.05) is 24.7 Å². The number of aromatic nitrogens is 3. The Bertz CT molecular complexity index is 1780. The summed E-state index contributed by atoms with van der Waals surface area (Å²) < 4.78 is 70.1. The summed E-state index contributed by atoms with van der Waals surface area (Å²) in [6, 6.07) is 4.39. The summed E-state index contributed by atoms with van der Waals surface area (Å²) in [5, 5.41) is 10.9. The summed E-state index contributed by atoms with van der Waals surface area (Å²) >= 11 is 6.84. The first kappa shape index (κ1) is 28.7. The van der Waals surface area contributed by atoms with Crippen LogP contribution in [0.25, 0.3) is 17.1 Å². The Kier molecular flexibility index (Phi) is 6.88. The van der Waals surface area contributed by atoms with E-state index in [2.05, 4.69) is 30.4 Å². The van der Waals surface area contributed by atoms with Crippen molar-refractivity contribution in [2.45, 2.75) is 50.6 Å². The van der Waals surface area contributed by atoms with Gasteiger partial charge in [-0.3, -0.25) is 15.0 Å². The molecular weight excluding hydrogens is 604 g/mol. The molecule has 0 amide bonds. The van der Waals surface area contributed by atoms with Crippen molar-refractivity contribution < 1.29 is 27.0 Å². The van der Waals surface area contributed by atoms with E-state index in [1.807, 2.05) is 11.0 Å². The summed E-state index contributed by atoms with van der Waals surface area (Å²) in [4.78, 5) is 12.6. The molecule has 0 bridgehead atoms. The van der Waals surface area contributed by atoms with Crippen LogP contribution in [0.4, 0.5) is 23.4 Å². The number of alkyl halides is 4. The molecule has 1 aromatic carbocycles. The molecule has 0 radical (unpaired) electrons. The van der Waals surface area contributed by atoms with E-state index in [1.165, 1.54) is 19.1 Å². The number of hydrogen-bond acceptors (Lipinski definition) is 9. The van der Waals surface area contributed by atoms with Crippen LogP contribution in [-0.4, -0.2) is 63.1 Å². The SMILES string of the molecule is Cc1cc(N)nc(-c2cc3c4c(c2Cl)=NCNC=4N(Cc2ccn[nH]2)C=C(OC[C@@]24CCCN2C[C@H](F)C4)O3)c1C(F)(F)F. The second kappa shape index (κ2) is 10.5. The van der Waals surface area contributed by atoms with Crippen LogP contribution in [0, 0.1) is 6.92 Å². The first-order valence-corrected chi connectivity index (χ1v) is 14.6. The third-order valence-electron chi connectivity index (χ3n) is 8.60. The number of halogens is 5. The smallest absolute Gasteiger partial charge is 0.418 e. The molecule has 0 saturated carbocycles. The van der Waals surface area contributed by atoms with Crippen molar-refractivity contribution in [2.75, 3.05) is 32.1 Å². The van der Waals surface area contributed by atoms with Crippen LogP contribution < -0.4 is 26.4 Å². The number of pyridine rings is 1. The van der Waals surface area contributed by atoms with Crippen LogP contribution in [0.2, 0.25) is 5.02 Å². The summed E-state index contributed by atoms with van der Waals surface area (Å²) in [6.07, 6.45) is -0.302. The van der Waals surface area contributed by atoms with Crippen molar-refractivity contribution in [2.24, 2.45) is 4.99 Å². The predicted molar refractivity (Wildman–Crippen MR) is 153 cm³/mol. The topological polar surface area (TPSA) is 117 Å². The van der Waals surface area contributed by atoms with Crippen LogP contribution in [0.1, 0.15) is 36.1 Å². The standard InChI is InChI=1S/C29H29ClF4N8O2/c1-15-7-20(35)39-25(23(15)29(32,33)34)18-8-19-22-26(24(18)30)36-14-37-27(22)41(11-17-3-5-38-40-17)12-21(44-19)43-13-28-4-2-6-42(28)10-16(31)9-28/h3,5,7-8,12,16,37H,2,4,6,9-11,13-14H2,1H3,(H2,35,39)(H,38,40)/t16-,28+/m1/s1. The van der Waals surface area contributed by atoms with Crippen LogP contribution in [0.15, 0.2) is 41.5 Å². The lowest BCUT2D eigenvalue weighted by molar-refractivity contribution is -0.137. The molecule has 2 saturated heterocycles. The summed E-state index contributed by atoms with van der Waals surface area (Å²) in [6.45, 7) is 3.07. The van der Waals surface area contributed by atoms with Gasteiger partial charge in [0.2, 0.25) is 0 Å². The summed E-state index contributed by atoms with van der Waals surface area (Å²) in [5.74, 6) is 0.716. The maximum Gasteiger partial charge on any atom is 0.418 e. The molecule has 10 nitrogen and oxygen atoms in total. The van der Waals surface area contributed by atoms with E-state index in [4.69, 9.17) is 26.8 Å². The van der Waals surface area contributed by atoms with Crippen LogP contribution in [-0.2, 0) is 17.5 Å². The number of benzene rings is 1. The number of anilines is 1. The van der Waals surface area contributed by atoms with Gasteiger partial charge in [-0.15, -0.1) is 0 Å². The van der Waals surface area contributed by atoms with Gasteiger partial charge in [0.15, 0.2) is 0 Å². The van der Waals surface area contributed by atoms with Crippen LogP contribution in [0.5, 0.6) is 5.75 Å². The van der Waals surface area contributed by atoms with Gasteiger partial charge < -0.3 is 25.4 Å². The number of ether oxygens (including phenoxy) is 2. The third-order valence-corrected chi connectivity index (χ3v) is 8.98. The molecular formula is C29H29ClF4N8O2. The van der Waals surface area contributed by atoms with Crippen molar-refractivity contribution in [3.8, 4) is 17.0 Å². The molecule has 0 spiro atoms. The number of aromatic amines is 1. The average Bonchev–Trinajstić information content (AvgIpc) is 3.65. The Labute approximate surface area is 254 Å². The molecule has 4 N–H and O–H groups in total. The quantitative estimate of drug-likeness (QED) is 0.354. The van der Waals surface area contributed by atoms with Gasteiger partial charge in [0.25, 0.3) is 0 Å². The highest BCUT2D eigenvalue weighted by Gasteiger charge is 2.49. The molecule has 2 atom stereocenters. The Morgan fingerprint density at radius 3 is 2.91 bits per heavy atom. The maximum atomic E-state index is 14.5. The fourth-order valence-electron chi connectivity index (χ4n) is 6.76. The van der Waals surface area contributed by atoms with Crippen molar-refractivity contribution in [1.29, 1.82) is 0 Å². The van der Waals surface area contributed by atoms with Gasteiger partial charge >= 0.3 is 12.1 Å². The van der Waals surface area contributed by atoms with E-state index < -0.39 is 29.1 Å². The number of nitrogens with one attached hydrogen (secondary N) is 2. The largest absolute Gasteiger partial charge is 0.462 e. The van der Waals surface area contributed by atoms with Crippen molar-refractivity contribution in [1.82, 2.24) is 30.3 Å². The highest BCUT2D eigenvalue weighted by atomic mass is 35.5. The Hall–Kier alpha value is -4.04. The summed E-state index contributed by atoms with van der Waals surface area (Å²) in [5.41, 5.74) is 4.72. The van der Waals surface area contributed by atoms with Crippen LogP contribution >= 0.6 is 11.6 Å². The Balaban J connectivity index is 1.37. The zero-order valence-corrected chi connectivity index (χ0v) is 24.4. The number of fused-ring (bicyclic) bond motifs is 1. The highest BCUT2D eigenvalue weighted by molar-refractivity contribution is 6.33. The molecule has 4 aliphatic rings. The lowest BCUT2D eigenvalue weighted by Crippen LogP contribution is -2.44. The lowest BCUT2D eigenvalue weighted by atomic mass is 9.95. The maximum absolute atomic E-state index is 14.5.